The zero-order chi connectivity index (χ0) is 9.84. The molecule has 1 atom stereocenters. The summed E-state index contributed by atoms with van der Waals surface area (Å²) in [6.45, 7) is 0. The second-order valence-corrected chi connectivity index (χ2v) is 3.35. The Hall–Kier alpha value is -0.680. The zero-order valence-corrected chi connectivity index (χ0v) is 8.31. The van der Waals surface area contributed by atoms with Crippen LogP contribution in [0.1, 0.15) is 18.1 Å². The third kappa shape index (κ3) is 2.38. The van der Waals surface area contributed by atoms with Crippen molar-refractivity contribution in [2.75, 3.05) is 0 Å². The molecule has 68 valence electrons. The molecule has 0 radical (unpaired) electrons. The van der Waals surface area contributed by atoms with Crippen LogP contribution in [0.5, 0.6) is 0 Å². The van der Waals surface area contributed by atoms with Gasteiger partial charge in [-0.15, -0.1) is 12.3 Å². The van der Waals surface area contributed by atoms with Crippen molar-refractivity contribution in [3.8, 4) is 12.3 Å². The van der Waals surface area contributed by atoms with Crippen LogP contribution in [0.2, 0.25) is 10.0 Å². The molecule has 1 rings (SSSR count). The van der Waals surface area contributed by atoms with E-state index in [0.717, 1.165) is 0 Å². The molecule has 0 aromatic heterocycles. The van der Waals surface area contributed by atoms with Crippen LogP contribution in [0.25, 0.3) is 0 Å². The summed E-state index contributed by atoms with van der Waals surface area (Å²) in [4.78, 5) is 0. The molecule has 1 nitrogen and oxygen atoms in total. The average molecular weight is 215 g/mol. The Bertz CT molecular complexity index is 341. The van der Waals surface area contributed by atoms with Gasteiger partial charge in [0, 0.05) is 12.0 Å². The van der Waals surface area contributed by atoms with Crippen molar-refractivity contribution in [2.45, 2.75) is 12.5 Å². The highest BCUT2D eigenvalue weighted by Crippen LogP contribution is 2.30. The van der Waals surface area contributed by atoms with Gasteiger partial charge in [0.05, 0.1) is 16.1 Å². The Morgan fingerprint density at radius 1 is 1.46 bits per heavy atom. The Morgan fingerprint density at radius 2 is 2.15 bits per heavy atom. The summed E-state index contributed by atoms with van der Waals surface area (Å²) in [6.07, 6.45) is 4.57. The Morgan fingerprint density at radius 3 is 2.77 bits per heavy atom. The van der Waals surface area contributed by atoms with E-state index in [2.05, 4.69) is 5.92 Å². The highest BCUT2D eigenvalue weighted by atomic mass is 35.5. The van der Waals surface area contributed by atoms with Gasteiger partial charge in [-0.3, -0.25) is 0 Å². The predicted molar refractivity (Wildman–Crippen MR) is 54.9 cm³/mol. The van der Waals surface area contributed by atoms with Gasteiger partial charge in [0.25, 0.3) is 0 Å². The van der Waals surface area contributed by atoms with Gasteiger partial charge in [-0.2, -0.15) is 0 Å². The number of hydrogen-bond donors (Lipinski definition) is 1. The first-order chi connectivity index (χ1) is 6.16. The summed E-state index contributed by atoms with van der Waals surface area (Å²) >= 11 is 11.6. The van der Waals surface area contributed by atoms with Gasteiger partial charge in [-0.25, -0.2) is 0 Å². The fraction of sp³-hybridized carbons (Fsp3) is 0.200. The number of aliphatic hydroxyl groups excluding tert-OH is 1. The van der Waals surface area contributed by atoms with Crippen LogP contribution in [-0.4, -0.2) is 5.11 Å². The maximum absolute atomic E-state index is 9.54. The SMILES string of the molecule is C#CCC(O)c1cccc(Cl)c1Cl. The highest BCUT2D eigenvalue weighted by Gasteiger charge is 2.11. The second-order valence-electron chi connectivity index (χ2n) is 2.57. The van der Waals surface area contributed by atoms with Gasteiger partial charge in [0.2, 0.25) is 0 Å². The van der Waals surface area contributed by atoms with Gasteiger partial charge in [-0.1, -0.05) is 35.3 Å². The standard InChI is InChI=1S/C10H8Cl2O/c1-2-4-9(13)7-5-3-6-8(11)10(7)12/h1,3,5-6,9,13H,4H2. The molecule has 1 aromatic rings. The molecule has 0 amide bonds. The monoisotopic (exact) mass is 214 g/mol. The van der Waals surface area contributed by atoms with Crippen LogP contribution in [0.3, 0.4) is 0 Å². The first-order valence-electron chi connectivity index (χ1n) is 3.72. The summed E-state index contributed by atoms with van der Waals surface area (Å²) in [5.74, 6) is 2.36. The molecule has 0 bridgehead atoms. The average Bonchev–Trinajstić information content (AvgIpc) is 2.10. The van der Waals surface area contributed by atoms with Gasteiger partial charge < -0.3 is 5.11 Å². The molecule has 1 aromatic carbocycles. The molecule has 1 unspecified atom stereocenters. The molecular weight excluding hydrogens is 207 g/mol. The third-order valence-corrected chi connectivity index (χ3v) is 2.49. The Labute approximate surface area is 87.3 Å². The van der Waals surface area contributed by atoms with Crippen molar-refractivity contribution >= 4 is 23.2 Å². The number of terminal acetylenes is 1. The van der Waals surface area contributed by atoms with Crippen molar-refractivity contribution in [2.24, 2.45) is 0 Å². The lowest BCUT2D eigenvalue weighted by Crippen LogP contribution is -1.96. The molecule has 0 aliphatic heterocycles. The quantitative estimate of drug-likeness (QED) is 0.751. The van der Waals surface area contributed by atoms with E-state index in [1.54, 1.807) is 18.2 Å². The molecule has 0 heterocycles. The van der Waals surface area contributed by atoms with Crippen LogP contribution < -0.4 is 0 Å². The summed E-state index contributed by atoms with van der Waals surface area (Å²) in [5, 5.41) is 10.3. The predicted octanol–water partition coefficient (Wildman–Crippen LogP) is 3.05. The zero-order valence-electron chi connectivity index (χ0n) is 6.80. The van der Waals surface area contributed by atoms with Crippen molar-refractivity contribution in [3.63, 3.8) is 0 Å². The molecule has 0 aliphatic carbocycles. The van der Waals surface area contributed by atoms with E-state index in [9.17, 15) is 5.11 Å². The molecule has 0 saturated carbocycles. The molecule has 0 aliphatic rings. The molecule has 0 saturated heterocycles. The van der Waals surface area contributed by atoms with Crippen LogP contribution in [0.15, 0.2) is 18.2 Å². The molecule has 1 N–H and O–H groups in total. The third-order valence-electron chi connectivity index (χ3n) is 1.65. The minimum Gasteiger partial charge on any atom is -0.387 e. The molecular formula is C10H8Cl2O. The summed E-state index contributed by atoms with van der Waals surface area (Å²) in [7, 11) is 0. The Kier molecular flexibility index (Phi) is 3.62. The minimum absolute atomic E-state index is 0.236. The summed E-state index contributed by atoms with van der Waals surface area (Å²) in [5.41, 5.74) is 0.576. The van der Waals surface area contributed by atoms with Gasteiger partial charge in [-0.05, 0) is 6.07 Å². The fourth-order valence-electron chi connectivity index (χ4n) is 0.999. The lowest BCUT2D eigenvalue weighted by Gasteiger charge is -2.09. The Balaban J connectivity index is 3.02. The van der Waals surface area contributed by atoms with E-state index < -0.39 is 6.10 Å². The lowest BCUT2D eigenvalue weighted by atomic mass is 10.1. The topological polar surface area (TPSA) is 20.2 Å². The van der Waals surface area contributed by atoms with E-state index in [4.69, 9.17) is 29.6 Å². The maximum Gasteiger partial charge on any atom is 0.0913 e. The van der Waals surface area contributed by atoms with Crippen LogP contribution in [-0.2, 0) is 0 Å². The molecule has 3 heteroatoms. The number of rotatable bonds is 2. The number of benzene rings is 1. The maximum atomic E-state index is 9.54. The first-order valence-corrected chi connectivity index (χ1v) is 4.48. The summed E-state index contributed by atoms with van der Waals surface area (Å²) in [6, 6.07) is 5.09. The first kappa shape index (κ1) is 10.4. The van der Waals surface area contributed by atoms with Crippen LogP contribution in [0, 0.1) is 12.3 Å². The van der Waals surface area contributed by atoms with Crippen LogP contribution in [0.4, 0.5) is 0 Å². The molecule has 0 fully saturated rings. The van der Waals surface area contributed by atoms with Crippen LogP contribution >= 0.6 is 23.2 Å². The van der Waals surface area contributed by atoms with Gasteiger partial charge >= 0.3 is 0 Å². The van der Waals surface area contributed by atoms with E-state index in [-0.39, 0.29) is 6.42 Å². The number of halogens is 2. The second kappa shape index (κ2) is 4.53. The normalized spacial score (nSPS) is 12.2. The number of hydrogen-bond acceptors (Lipinski definition) is 1. The minimum atomic E-state index is -0.740. The van der Waals surface area contributed by atoms with Crippen molar-refractivity contribution < 1.29 is 5.11 Å². The van der Waals surface area contributed by atoms with Crippen molar-refractivity contribution in [1.29, 1.82) is 0 Å². The van der Waals surface area contributed by atoms with Gasteiger partial charge in [0.1, 0.15) is 0 Å². The lowest BCUT2D eigenvalue weighted by molar-refractivity contribution is 0.184. The summed E-state index contributed by atoms with van der Waals surface area (Å²) < 4.78 is 0. The van der Waals surface area contributed by atoms with E-state index in [1.165, 1.54) is 0 Å². The smallest absolute Gasteiger partial charge is 0.0913 e. The van der Waals surface area contributed by atoms with Crippen molar-refractivity contribution in [3.05, 3.63) is 33.8 Å². The molecule has 0 spiro atoms. The fourth-order valence-corrected chi connectivity index (χ4v) is 1.43. The highest BCUT2D eigenvalue weighted by molar-refractivity contribution is 6.42. The van der Waals surface area contributed by atoms with E-state index in [1.807, 2.05) is 0 Å². The van der Waals surface area contributed by atoms with Gasteiger partial charge in [0.15, 0.2) is 0 Å². The van der Waals surface area contributed by atoms with E-state index >= 15 is 0 Å². The van der Waals surface area contributed by atoms with Crippen molar-refractivity contribution in [1.82, 2.24) is 0 Å². The number of aliphatic hydroxyl groups is 1. The molecule has 13 heavy (non-hydrogen) atoms. The van der Waals surface area contributed by atoms with E-state index in [0.29, 0.717) is 15.6 Å². The largest absolute Gasteiger partial charge is 0.387 e.